The summed E-state index contributed by atoms with van der Waals surface area (Å²) in [7, 11) is 0. The van der Waals surface area contributed by atoms with Crippen molar-refractivity contribution in [2.75, 3.05) is 5.32 Å². The molecule has 0 saturated carbocycles. The Morgan fingerprint density at radius 2 is 1.67 bits per heavy atom. The van der Waals surface area contributed by atoms with E-state index in [0.29, 0.717) is 17.2 Å². The molecule has 0 saturated heterocycles. The van der Waals surface area contributed by atoms with Crippen molar-refractivity contribution in [2.45, 2.75) is 0 Å². The molecule has 0 aromatic heterocycles. The Labute approximate surface area is 104 Å². The number of hydrogen-bond acceptors (Lipinski definition) is 3. The maximum atomic E-state index is 11.1. The quantitative estimate of drug-likeness (QED) is 0.661. The number of hydrogen-bond donors (Lipinski definition) is 1. The molecule has 4 heteroatoms. The summed E-state index contributed by atoms with van der Waals surface area (Å²) < 4.78 is 5.62. The molecule has 0 atom stereocenters. The minimum absolute atomic E-state index is 0.222. The van der Waals surface area contributed by atoms with Crippen molar-refractivity contribution in [1.82, 2.24) is 0 Å². The van der Waals surface area contributed by atoms with Crippen molar-refractivity contribution in [3.05, 3.63) is 54.6 Å². The van der Waals surface area contributed by atoms with Crippen LogP contribution in [-0.2, 0) is 9.59 Å². The molecule has 0 aliphatic rings. The van der Waals surface area contributed by atoms with Crippen molar-refractivity contribution in [2.24, 2.45) is 0 Å². The molecule has 90 valence electrons. The molecule has 1 amide bonds. The smallest absolute Gasteiger partial charge is 0.288 e. The van der Waals surface area contributed by atoms with E-state index in [1.54, 1.807) is 36.4 Å². The summed E-state index contributed by atoms with van der Waals surface area (Å²) in [4.78, 5) is 21.4. The van der Waals surface area contributed by atoms with E-state index < -0.39 is 5.91 Å². The largest absolute Gasteiger partial charge is 0.455 e. The number of nitrogens with one attached hydrogen (secondary N) is 1. The van der Waals surface area contributed by atoms with Crippen LogP contribution in [0.4, 0.5) is 5.69 Å². The van der Waals surface area contributed by atoms with E-state index >= 15 is 0 Å². The summed E-state index contributed by atoms with van der Waals surface area (Å²) in [6.07, 6.45) is 0.222. The van der Waals surface area contributed by atoms with Crippen LogP contribution in [0.2, 0.25) is 0 Å². The van der Waals surface area contributed by atoms with Gasteiger partial charge in [0.15, 0.2) is 5.75 Å². The van der Waals surface area contributed by atoms with Crippen LogP contribution in [-0.4, -0.2) is 12.2 Å². The van der Waals surface area contributed by atoms with Gasteiger partial charge < -0.3 is 10.1 Å². The SMILES string of the molecule is O=CC(=O)Nc1ccccc1Oc1ccccc1. The van der Waals surface area contributed by atoms with E-state index in [1.165, 1.54) is 0 Å². The average molecular weight is 241 g/mol. The van der Waals surface area contributed by atoms with Crippen LogP contribution in [0.5, 0.6) is 11.5 Å². The van der Waals surface area contributed by atoms with Crippen LogP contribution in [0.3, 0.4) is 0 Å². The fraction of sp³-hybridized carbons (Fsp3) is 0. The summed E-state index contributed by atoms with van der Waals surface area (Å²) in [6, 6.07) is 16.1. The van der Waals surface area contributed by atoms with Crippen LogP contribution >= 0.6 is 0 Å². The molecule has 0 unspecified atom stereocenters. The second-order valence-corrected chi connectivity index (χ2v) is 3.52. The molecule has 2 aromatic carbocycles. The Morgan fingerprint density at radius 3 is 2.39 bits per heavy atom. The van der Waals surface area contributed by atoms with E-state index in [4.69, 9.17) is 4.74 Å². The third-order valence-electron chi connectivity index (χ3n) is 2.22. The Kier molecular flexibility index (Phi) is 3.71. The van der Waals surface area contributed by atoms with Gasteiger partial charge in [-0.3, -0.25) is 9.59 Å². The van der Waals surface area contributed by atoms with Crippen LogP contribution in [0, 0.1) is 0 Å². The van der Waals surface area contributed by atoms with Gasteiger partial charge in [0.1, 0.15) is 5.75 Å². The maximum Gasteiger partial charge on any atom is 0.288 e. The molecule has 0 radical (unpaired) electrons. The van der Waals surface area contributed by atoms with E-state index in [1.807, 2.05) is 18.2 Å². The fourth-order valence-electron chi connectivity index (χ4n) is 1.44. The predicted octanol–water partition coefficient (Wildman–Crippen LogP) is 2.62. The molecule has 0 aliphatic carbocycles. The highest BCUT2D eigenvalue weighted by Crippen LogP contribution is 2.28. The Hall–Kier alpha value is -2.62. The molecule has 1 N–H and O–H groups in total. The molecule has 0 heterocycles. The van der Waals surface area contributed by atoms with Gasteiger partial charge in [0.25, 0.3) is 5.91 Å². The number of benzene rings is 2. The van der Waals surface area contributed by atoms with Crippen molar-refractivity contribution in [3.63, 3.8) is 0 Å². The highest BCUT2D eigenvalue weighted by atomic mass is 16.5. The molecule has 18 heavy (non-hydrogen) atoms. The number of para-hydroxylation sites is 3. The van der Waals surface area contributed by atoms with Crippen molar-refractivity contribution in [1.29, 1.82) is 0 Å². The minimum atomic E-state index is -0.709. The predicted molar refractivity (Wildman–Crippen MR) is 67.7 cm³/mol. The first-order valence-electron chi connectivity index (χ1n) is 5.37. The summed E-state index contributed by atoms with van der Waals surface area (Å²) >= 11 is 0. The zero-order chi connectivity index (χ0) is 12.8. The average Bonchev–Trinajstić information content (AvgIpc) is 2.42. The van der Waals surface area contributed by atoms with Crippen LogP contribution in [0.15, 0.2) is 54.6 Å². The maximum absolute atomic E-state index is 11.1. The lowest BCUT2D eigenvalue weighted by Gasteiger charge is -2.10. The van der Waals surface area contributed by atoms with Gasteiger partial charge in [-0.25, -0.2) is 0 Å². The second-order valence-electron chi connectivity index (χ2n) is 3.52. The van der Waals surface area contributed by atoms with Crippen molar-refractivity contribution in [3.8, 4) is 11.5 Å². The molecule has 2 aromatic rings. The fourth-order valence-corrected chi connectivity index (χ4v) is 1.44. The molecule has 0 bridgehead atoms. The molecular formula is C14H11NO3. The number of carbonyl (C=O) groups is 2. The first-order valence-corrected chi connectivity index (χ1v) is 5.37. The van der Waals surface area contributed by atoms with Gasteiger partial charge >= 0.3 is 0 Å². The number of aldehydes is 1. The molecule has 0 aliphatic heterocycles. The summed E-state index contributed by atoms with van der Waals surface area (Å²) in [5.41, 5.74) is 0.457. The molecule has 2 rings (SSSR count). The molecule has 0 spiro atoms. The van der Waals surface area contributed by atoms with Crippen molar-refractivity contribution < 1.29 is 14.3 Å². The summed E-state index contributed by atoms with van der Waals surface area (Å²) in [5, 5.41) is 2.45. The van der Waals surface area contributed by atoms with Gasteiger partial charge in [-0.2, -0.15) is 0 Å². The number of amides is 1. The van der Waals surface area contributed by atoms with Gasteiger partial charge in [0.2, 0.25) is 6.29 Å². The first-order chi connectivity index (χ1) is 8.79. The standard InChI is InChI=1S/C14H11NO3/c16-10-14(17)15-12-8-4-5-9-13(12)18-11-6-2-1-3-7-11/h1-10H,(H,15,17). The third-order valence-corrected chi connectivity index (χ3v) is 2.22. The number of carbonyl (C=O) groups excluding carboxylic acids is 2. The van der Waals surface area contributed by atoms with Crippen LogP contribution in [0.1, 0.15) is 0 Å². The molecular weight excluding hydrogens is 230 g/mol. The van der Waals surface area contributed by atoms with Crippen LogP contribution in [0.25, 0.3) is 0 Å². The van der Waals surface area contributed by atoms with Gasteiger partial charge in [-0.1, -0.05) is 30.3 Å². The highest BCUT2D eigenvalue weighted by Gasteiger charge is 2.06. The lowest BCUT2D eigenvalue weighted by Crippen LogP contribution is -2.12. The van der Waals surface area contributed by atoms with Gasteiger partial charge in [0, 0.05) is 0 Å². The van der Waals surface area contributed by atoms with Crippen LogP contribution < -0.4 is 10.1 Å². The highest BCUT2D eigenvalue weighted by molar-refractivity contribution is 6.29. The van der Waals surface area contributed by atoms with Gasteiger partial charge in [-0.15, -0.1) is 0 Å². The third kappa shape index (κ3) is 2.95. The second kappa shape index (κ2) is 5.63. The zero-order valence-corrected chi connectivity index (χ0v) is 9.50. The van der Waals surface area contributed by atoms with E-state index in [9.17, 15) is 9.59 Å². The zero-order valence-electron chi connectivity index (χ0n) is 9.50. The topological polar surface area (TPSA) is 55.4 Å². The minimum Gasteiger partial charge on any atom is -0.455 e. The summed E-state index contributed by atoms with van der Waals surface area (Å²) in [5.74, 6) is 0.434. The number of anilines is 1. The normalized spacial score (nSPS) is 9.56. The molecule has 0 fully saturated rings. The van der Waals surface area contributed by atoms with E-state index in [0.717, 1.165) is 0 Å². The monoisotopic (exact) mass is 241 g/mol. The van der Waals surface area contributed by atoms with Gasteiger partial charge in [-0.05, 0) is 24.3 Å². The first kappa shape index (κ1) is 11.9. The Morgan fingerprint density at radius 1 is 1.00 bits per heavy atom. The lowest BCUT2D eigenvalue weighted by molar-refractivity contribution is -0.127. The number of rotatable bonds is 4. The number of ether oxygens (including phenoxy) is 1. The van der Waals surface area contributed by atoms with E-state index in [2.05, 4.69) is 5.32 Å². The van der Waals surface area contributed by atoms with E-state index in [-0.39, 0.29) is 6.29 Å². The Balaban J connectivity index is 2.22. The lowest BCUT2D eigenvalue weighted by atomic mass is 10.3. The van der Waals surface area contributed by atoms with Gasteiger partial charge in [0.05, 0.1) is 5.69 Å². The Bertz CT molecular complexity index is 552. The molecule has 4 nitrogen and oxygen atoms in total. The van der Waals surface area contributed by atoms with Crippen molar-refractivity contribution >= 4 is 17.9 Å². The summed E-state index contributed by atoms with van der Waals surface area (Å²) in [6.45, 7) is 0.